The third kappa shape index (κ3) is 4.00. The van der Waals surface area contributed by atoms with E-state index >= 15 is 0 Å². The van der Waals surface area contributed by atoms with Gasteiger partial charge in [-0.2, -0.15) is 0 Å². The van der Waals surface area contributed by atoms with Crippen molar-refractivity contribution in [2.45, 2.75) is 64.5 Å². The van der Waals surface area contributed by atoms with Gasteiger partial charge in [-0.25, -0.2) is 0 Å². The summed E-state index contributed by atoms with van der Waals surface area (Å²) in [6.45, 7) is 5.84. The summed E-state index contributed by atoms with van der Waals surface area (Å²) < 4.78 is 0. The fraction of sp³-hybridized carbons (Fsp3) is 0.684. The molecule has 1 aromatic rings. The van der Waals surface area contributed by atoms with E-state index in [0.29, 0.717) is 6.04 Å². The Hall–Kier alpha value is -1.02. The molecule has 0 radical (unpaired) electrons. The Morgan fingerprint density at radius 3 is 2.33 bits per heavy atom. The Morgan fingerprint density at radius 1 is 1.00 bits per heavy atom. The minimum absolute atomic E-state index is 0.661. The van der Waals surface area contributed by atoms with E-state index in [-0.39, 0.29) is 0 Å². The summed E-state index contributed by atoms with van der Waals surface area (Å²) in [4.78, 5) is 2.53. The van der Waals surface area contributed by atoms with E-state index in [1.54, 1.807) is 0 Å². The van der Waals surface area contributed by atoms with Crippen molar-refractivity contribution in [1.29, 1.82) is 0 Å². The van der Waals surface area contributed by atoms with Gasteiger partial charge in [-0.3, -0.25) is 0 Å². The molecular formula is C19H30N2. The minimum Gasteiger partial charge on any atom is -0.372 e. The van der Waals surface area contributed by atoms with Crippen molar-refractivity contribution in [1.82, 2.24) is 5.32 Å². The van der Waals surface area contributed by atoms with E-state index in [1.165, 1.54) is 69.3 Å². The van der Waals surface area contributed by atoms with Crippen LogP contribution in [0.3, 0.4) is 0 Å². The first kappa shape index (κ1) is 14.9. The lowest BCUT2D eigenvalue weighted by Gasteiger charge is -2.29. The van der Waals surface area contributed by atoms with Crippen molar-refractivity contribution >= 4 is 5.69 Å². The second kappa shape index (κ2) is 7.31. The average Bonchev–Trinajstić information content (AvgIpc) is 3.08. The van der Waals surface area contributed by atoms with Crippen LogP contribution in [0.5, 0.6) is 0 Å². The fourth-order valence-corrected chi connectivity index (χ4v) is 3.88. The monoisotopic (exact) mass is 286 g/mol. The highest BCUT2D eigenvalue weighted by atomic mass is 15.1. The summed E-state index contributed by atoms with van der Waals surface area (Å²) >= 11 is 0. The number of nitrogens with zero attached hydrogens (tertiary/aromatic N) is 1. The van der Waals surface area contributed by atoms with Crippen molar-refractivity contribution in [2.75, 3.05) is 18.0 Å². The van der Waals surface area contributed by atoms with E-state index in [4.69, 9.17) is 0 Å². The number of piperidine rings is 1. The van der Waals surface area contributed by atoms with Gasteiger partial charge in [0.05, 0.1) is 0 Å². The van der Waals surface area contributed by atoms with E-state index in [9.17, 15) is 0 Å². The number of anilines is 1. The lowest BCUT2D eigenvalue weighted by atomic mass is 9.99. The van der Waals surface area contributed by atoms with Gasteiger partial charge in [0, 0.05) is 31.4 Å². The highest BCUT2D eigenvalue weighted by Gasteiger charge is 2.20. The molecule has 0 aromatic heterocycles. The summed E-state index contributed by atoms with van der Waals surface area (Å²) in [6, 6.07) is 9.89. The van der Waals surface area contributed by atoms with Gasteiger partial charge in [-0.15, -0.1) is 0 Å². The summed E-state index contributed by atoms with van der Waals surface area (Å²) in [5, 5.41) is 3.73. The van der Waals surface area contributed by atoms with E-state index in [0.717, 1.165) is 12.5 Å². The normalized spacial score (nSPS) is 21.7. The smallest absolute Gasteiger partial charge is 0.0366 e. The molecule has 0 unspecified atom stereocenters. The molecule has 2 fully saturated rings. The van der Waals surface area contributed by atoms with Gasteiger partial charge < -0.3 is 10.2 Å². The van der Waals surface area contributed by atoms with Crippen LogP contribution < -0.4 is 10.2 Å². The molecule has 2 aliphatic rings. The molecular weight excluding hydrogens is 256 g/mol. The molecule has 3 rings (SSSR count). The highest BCUT2D eigenvalue weighted by molar-refractivity contribution is 5.47. The van der Waals surface area contributed by atoms with Gasteiger partial charge in [0.15, 0.2) is 0 Å². The maximum absolute atomic E-state index is 3.73. The molecule has 1 saturated heterocycles. The summed E-state index contributed by atoms with van der Waals surface area (Å²) in [7, 11) is 0. The molecule has 1 aliphatic carbocycles. The van der Waals surface area contributed by atoms with Crippen LogP contribution in [0.1, 0.15) is 57.4 Å². The summed E-state index contributed by atoms with van der Waals surface area (Å²) in [5.41, 5.74) is 2.82. The standard InChI is InChI=1S/C19H30N2/c1-16(18-7-3-4-8-18)20-15-17-9-11-19(12-10-17)21-13-5-2-6-14-21/h9-12,16,18,20H,2-8,13-15H2,1H3/t16-/m0/s1. The first-order valence-electron chi connectivity index (χ1n) is 8.90. The fourth-order valence-electron chi connectivity index (χ4n) is 3.88. The van der Waals surface area contributed by atoms with Crippen molar-refractivity contribution in [3.8, 4) is 0 Å². The largest absolute Gasteiger partial charge is 0.372 e. The summed E-state index contributed by atoms with van der Waals surface area (Å²) in [6.07, 6.45) is 9.80. The van der Waals surface area contributed by atoms with Crippen LogP contribution in [0.4, 0.5) is 5.69 Å². The second-order valence-electron chi connectivity index (χ2n) is 6.93. The molecule has 116 valence electrons. The number of hydrogen-bond acceptors (Lipinski definition) is 2. The zero-order chi connectivity index (χ0) is 14.5. The van der Waals surface area contributed by atoms with Crippen LogP contribution in [0.15, 0.2) is 24.3 Å². The molecule has 1 atom stereocenters. The number of rotatable bonds is 5. The topological polar surface area (TPSA) is 15.3 Å². The number of benzene rings is 1. The van der Waals surface area contributed by atoms with Gasteiger partial charge in [0.2, 0.25) is 0 Å². The zero-order valence-corrected chi connectivity index (χ0v) is 13.5. The zero-order valence-electron chi connectivity index (χ0n) is 13.5. The lowest BCUT2D eigenvalue weighted by Crippen LogP contribution is -2.31. The molecule has 1 N–H and O–H groups in total. The molecule has 1 saturated carbocycles. The van der Waals surface area contributed by atoms with Crippen LogP contribution in [0.25, 0.3) is 0 Å². The van der Waals surface area contributed by atoms with Gasteiger partial charge in [-0.05, 0) is 62.6 Å². The van der Waals surface area contributed by atoms with Crippen LogP contribution >= 0.6 is 0 Å². The molecule has 2 nitrogen and oxygen atoms in total. The van der Waals surface area contributed by atoms with Gasteiger partial charge >= 0.3 is 0 Å². The van der Waals surface area contributed by atoms with Crippen LogP contribution in [-0.4, -0.2) is 19.1 Å². The molecule has 1 heterocycles. The Labute approximate surface area is 129 Å². The molecule has 0 bridgehead atoms. The van der Waals surface area contributed by atoms with E-state index in [1.807, 2.05) is 0 Å². The predicted molar refractivity (Wildman–Crippen MR) is 90.8 cm³/mol. The van der Waals surface area contributed by atoms with Crippen molar-refractivity contribution < 1.29 is 0 Å². The molecule has 0 amide bonds. The molecule has 1 aliphatic heterocycles. The third-order valence-electron chi connectivity index (χ3n) is 5.39. The van der Waals surface area contributed by atoms with Gasteiger partial charge in [-0.1, -0.05) is 25.0 Å². The summed E-state index contributed by atoms with van der Waals surface area (Å²) in [5.74, 6) is 0.901. The third-order valence-corrected chi connectivity index (χ3v) is 5.39. The maximum atomic E-state index is 3.73. The predicted octanol–water partition coefficient (Wildman–Crippen LogP) is 4.35. The Morgan fingerprint density at radius 2 is 1.67 bits per heavy atom. The van der Waals surface area contributed by atoms with E-state index in [2.05, 4.69) is 41.4 Å². The Balaban J connectivity index is 1.49. The van der Waals surface area contributed by atoms with Crippen LogP contribution in [0, 0.1) is 5.92 Å². The molecule has 2 heteroatoms. The van der Waals surface area contributed by atoms with Crippen LogP contribution in [0.2, 0.25) is 0 Å². The molecule has 1 aromatic carbocycles. The molecule has 0 spiro atoms. The van der Waals surface area contributed by atoms with Crippen molar-refractivity contribution in [2.24, 2.45) is 5.92 Å². The highest BCUT2D eigenvalue weighted by Crippen LogP contribution is 2.27. The minimum atomic E-state index is 0.661. The van der Waals surface area contributed by atoms with Crippen LogP contribution in [-0.2, 0) is 6.54 Å². The first-order chi connectivity index (χ1) is 10.3. The van der Waals surface area contributed by atoms with Gasteiger partial charge in [0.25, 0.3) is 0 Å². The number of hydrogen-bond donors (Lipinski definition) is 1. The van der Waals surface area contributed by atoms with Gasteiger partial charge in [0.1, 0.15) is 0 Å². The average molecular weight is 286 g/mol. The lowest BCUT2D eigenvalue weighted by molar-refractivity contribution is 0.380. The second-order valence-corrected chi connectivity index (χ2v) is 6.93. The van der Waals surface area contributed by atoms with E-state index < -0.39 is 0 Å². The van der Waals surface area contributed by atoms with Crippen molar-refractivity contribution in [3.05, 3.63) is 29.8 Å². The number of nitrogens with one attached hydrogen (secondary N) is 1. The quantitative estimate of drug-likeness (QED) is 0.866. The maximum Gasteiger partial charge on any atom is 0.0366 e. The SMILES string of the molecule is C[C@H](NCc1ccc(N2CCCCC2)cc1)C1CCCC1. The molecule has 21 heavy (non-hydrogen) atoms. The first-order valence-corrected chi connectivity index (χ1v) is 8.90. The Bertz CT molecular complexity index is 414. The Kier molecular flexibility index (Phi) is 5.18. The van der Waals surface area contributed by atoms with Crippen molar-refractivity contribution in [3.63, 3.8) is 0 Å².